The number of methoxy groups -OCH3 is 1. The fourth-order valence-corrected chi connectivity index (χ4v) is 0.980. The lowest BCUT2D eigenvalue weighted by Crippen LogP contribution is -1.98. The molecule has 0 N–H and O–H groups in total. The molecule has 0 unspecified atom stereocenters. The van der Waals surface area contributed by atoms with Crippen LogP contribution in [0.25, 0.3) is 4.85 Å². The molecule has 1 aromatic heterocycles. The molecule has 0 aliphatic heterocycles. The van der Waals surface area contributed by atoms with Gasteiger partial charge in [0.05, 0.1) is 18.9 Å². The Balaban J connectivity index is 3.17. The van der Waals surface area contributed by atoms with Crippen molar-refractivity contribution in [3.63, 3.8) is 0 Å². The van der Waals surface area contributed by atoms with Crippen LogP contribution in [0.15, 0.2) is 6.20 Å². The normalized spacial score (nSPS) is 9.77. The summed E-state index contributed by atoms with van der Waals surface area (Å²) in [5.74, 6) is 0.923. The number of ether oxygens (including phenoxy) is 1. The molecule has 0 aliphatic carbocycles. The zero-order chi connectivity index (χ0) is 9.84. The maximum atomic E-state index is 6.74. The van der Waals surface area contributed by atoms with Crippen molar-refractivity contribution in [3.05, 3.63) is 23.2 Å². The molecule has 0 amide bonds. The van der Waals surface area contributed by atoms with Gasteiger partial charge in [0.1, 0.15) is 0 Å². The van der Waals surface area contributed by atoms with Gasteiger partial charge in [0.2, 0.25) is 0 Å². The van der Waals surface area contributed by atoms with Crippen molar-refractivity contribution in [2.75, 3.05) is 7.11 Å². The SMILES string of the molecule is [C-]#[N+]c1ncc(C(C)C)c(OC)n1. The van der Waals surface area contributed by atoms with E-state index in [1.807, 2.05) is 13.8 Å². The maximum absolute atomic E-state index is 6.74. The highest BCUT2D eigenvalue weighted by Crippen LogP contribution is 2.24. The van der Waals surface area contributed by atoms with E-state index < -0.39 is 0 Å². The zero-order valence-electron chi connectivity index (χ0n) is 7.90. The lowest BCUT2D eigenvalue weighted by atomic mass is 10.1. The predicted octanol–water partition coefficient (Wildman–Crippen LogP) is 2.16. The number of hydrogen-bond acceptors (Lipinski definition) is 3. The van der Waals surface area contributed by atoms with Gasteiger partial charge < -0.3 is 9.58 Å². The van der Waals surface area contributed by atoms with Crippen molar-refractivity contribution >= 4 is 5.95 Å². The number of nitrogens with zero attached hydrogens (tertiary/aromatic N) is 3. The Morgan fingerprint density at radius 2 is 2.23 bits per heavy atom. The van der Waals surface area contributed by atoms with Crippen LogP contribution >= 0.6 is 0 Å². The molecule has 1 aromatic rings. The molecule has 68 valence electrons. The first-order valence-electron chi connectivity index (χ1n) is 3.97. The molecule has 13 heavy (non-hydrogen) atoms. The van der Waals surface area contributed by atoms with Gasteiger partial charge in [0, 0.05) is 0 Å². The van der Waals surface area contributed by atoms with Gasteiger partial charge in [0.25, 0.3) is 5.88 Å². The molecule has 4 heteroatoms. The van der Waals surface area contributed by atoms with Gasteiger partial charge in [0.15, 0.2) is 0 Å². The Bertz CT molecular complexity index is 341. The minimum atomic E-state index is 0.126. The van der Waals surface area contributed by atoms with Crippen LogP contribution in [-0.2, 0) is 0 Å². The molecule has 0 saturated carbocycles. The summed E-state index contributed by atoms with van der Waals surface area (Å²) in [6.07, 6.45) is 1.64. The van der Waals surface area contributed by atoms with Crippen molar-refractivity contribution < 1.29 is 4.74 Å². The summed E-state index contributed by atoms with van der Waals surface area (Å²) in [6, 6.07) is 0. The van der Waals surface area contributed by atoms with Crippen molar-refractivity contribution in [1.29, 1.82) is 0 Å². The van der Waals surface area contributed by atoms with Crippen LogP contribution in [0.2, 0.25) is 0 Å². The van der Waals surface area contributed by atoms with E-state index >= 15 is 0 Å². The topological polar surface area (TPSA) is 39.4 Å². The van der Waals surface area contributed by atoms with Crippen molar-refractivity contribution in [2.24, 2.45) is 0 Å². The Labute approximate surface area is 77.4 Å². The molecule has 0 atom stereocenters. The monoisotopic (exact) mass is 177 g/mol. The van der Waals surface area contributed by atoms with Crippen LogP contribution in [0.4, 0.5) is 5.95 Å². The van der Waals surface area contributed by atoms with Crippen LogP contribution < -0.4 is 4.74 Å². The van der Waals surface area contributed by atoms with E-state index in [0.717, 1.165) is 5.56 Å². The van der Waals surface area contributed by atoms with Crippen LogP contribution in [0.5, 0.6) is 5.88 Å². The third-order valence-corrected chi connectivity index (χ3v) is 1.68. The minimum absolute atomic E-state index is 0.126. The summed E-state index contributed by atoms with van der Waals surface area (Å²) >= 11 is 0. The van der Waals surface area contributed by atoms with Gasteiger partial charge >= 0.3 is 5.95 Å². The van der Waals surface area contributed by atoms with Crippen LogP contribution in [-0.4, -0.2) is 17.1 Å². The van der Waals surface area contributed by atoms with E-state index in [0.29, 0.717) is 11.8 Å². The molecule has 0 aromatic carbocycles. The highest BCUT2D eigenvalue weighted by Gasteiger charge is 2.13. The average Bonchev–Trinajstić information content (AvgIpc) is 2.16. The lowest BCUT2D eigenvalue weighted by molar-refractivity contribution is 0.390. The number of rotatable bonds is 2. The number of hydrogen-bond donors (Lipinski definition) is 0. The van der Waals surface area contributed by atoms with Gasteiger partial charge in [-0.05, 0) is 5.92 Å². The molecular weight excluding hydrogens is 166 g/mol. The Hall–Kier alpha value is -1.63. The first-order valence-corrected chi connectivity index (χ1v) is 3.97. The first kappa shape index (κ1) is 9.46. The fourth-order valence-electron chi connectivity index (χ4n) is 0.980. The van der Waals surface area contributed by atoms with E-state index in [-0.39, 0.29) is 5.95 Å². The smallest absolute Gasteiger partial charge is 0.374 e. The Morgan fingerprint density at radius 3 is 2.69 bits per heavy atom. The van der Waals surface area contributed by atoms with Crippen molar-refractivity contribution in [2.45, 2.75) is 19.8 Å². The zero-order valence-corrected chi connectivity index (χ0v) is 7.90. The van der Waals surface area contributed by atoms with E-state index in [1.54, 1.807) is 13.3 Å². The summed E-state index contributed by atoms with van der Waals surface area (Å²) in [5, 5.41) is 0. The van der Waals surface area contributed by atoms with Crippen molar-refractivity contribution in [3.8, 4) is 5.88 Å². The third kappa shape index (κ3) is 1.94. The van der Waals surface area contributed by atoms with Gasteiger partial charge in [-0.2, -0.15) is 4.98 Å². The molecule has 0 spiro atoms. The predicted molar refractivity (Wildman–Crippen MR) is 48.9 cm³/mol. The standard InChI is InChI=1S/C9H11N3O/c1-6(2)7-5-11-9(10-3)12-8(7)13-4/h5-6H,1-2,4H3. The molecule has 0 saturated heterocycles. The average molecular weight is 177 g/mol. The highest BCUT2D eigenvalue weighted by molar-refractivity contribution is 5.35. The van der Waals surface area contributed by atoms with Gasteiger partial charge in [-0.3, -0.25) is 0 Å². The van der Waals surface area contributed by atoms with Gasteiger partial charge in [-0.25, -0.2) is 0 Å². The molecule has 1 heterocycles. The summed E-state index contributed by atoms with van der Waals surface area (Å²) in [4.78, 5) is 11.0. The molecule has 0 fully saturated rings. The Morgan fingerprint density at radius 1 is 1.54 bits per heavy atom. The second kappa shape index (κ2) is 3.85. The first-order chi connectivity index (χ1) is 6.19. The quantitative estimate of drug-likeness (QED) is 0.650. The summed E-state index contributed by atoms with van der Waals surface area (Å²) in [5.41, 5.74) is 0.926. The fraction of sp³-hybridized carbons (Fsp3) is 0.444. The molecular formula is C9H11N3O. The van der Waals surface area contributed by atoms with Crippen LogP contribution in [0.1, 0.15) is 25.3 Å². The Kier molecular flexibility index (Phi) is 2.80. The summed E-state index contributed by atoms with van der Waals surface area (Å²) < 4.78 is 5.05. The largest absolute Gasteiger partial charge is 0.470 e. The molecule has 0 bridgehead atoms. The molecule has 4 nitrogen and oxygen atoms in total. The molecule has 0 aliphatic rings. The van der Waals surface area contributed by atoms with E-state index in [4.69, 9.17) is 11.3 Å². The van der Waals surface area contributed by atoms with Crippen LogP contribution in [0, 0.1) is 6.57 Å². The minimum Gasteiger partial charge on any atom is -0.470 e. The van der Waals surface area contributed by atoms with Gasteiger partial charge in [-0.1, -0.05) is 13.8 Å². The van der Waals surface area contributed by atoms with E-state index in [9.17, 15) is 0 Å². The lowest BCUT2D eigenvalue weighted by Gasteiger charge is -2.06. The summed E-state index contributed by atoms with van der Waals surface area (Å²) in [7, 11) is 1.54. The van der Waals surface area contributed by atoms with E-state index in [1.165, 1.54) is 0 Å². The molecule has 1 rings (SSSR count). The maximum Gasteiger partial charge on any atom is 0.374 e. The molecule has 0 radical (unpaired) electrons. The number of aromatic nitrogens is 2. The van der Waals surface area contributed by atoms with Crippen molar-refractivity contribution in [1.82, 2.24) is 9.97 Å². The van der Waals surface area contributed by atoms with E-state index in [2.05, 4.69) is 14.8 Å². The second-order valence-electron chi connectivity index (χ2n) is 2.90. The second-order valence-corrected chi connectivity index (χ2v) is 2.90. The van der Waals surface area contributed by atoms with Gasteiger partial charge in [-0.15, -0.1) is 11.6 Å². The summed E-state index contributed by atoms with van der Waals surface area (Å²) in [6.45, 7) is 10.8. The highest BCUT2D eigenvalue weighted by atomic mass is 16.5. The third-order valence-electron chi connectivity index (χ3n) is 1.68. The van der Waals surface area contributed by atoms with Crippen LogP contribution in [0.3, 0.4) is 0 Å².